The molecule has 0 unspecified atom stereocenters. The van der Waals surface area contributed by atoms with E-state index in [-0.39, 0.29) is 12.1 Å². The molecule has 1 fully saturated rings. The summed E-state index contributed by atoms with van der Waals surface area (Å²) in [5, 5.41) is 6.90. The maximum absolute atomic E-state index is 12.3. The fourth-order valence-corrected chi connectivity index (χ4v) is 2.73. The molecule has 21 heavy (non-hydrogen) atoms. The zero-order valence-electron chi connectivity index (χ0n) is 13.3. The molecule has 7 nitrogen and oxygen atoms in total. The average Bonchev–Trinajstić information content (AvgIpc) is 3.04. The molecule has 0 spiro atoms. The fourth-order valence-electron chi connectivity index (χ4n) is 2.73. The summed E-state index contributed by atoms with van der Waals surface area (Å²) in [6, 6.07) is -0.228. The first-order valence-electron chi connectivity index (χ1n) is 7.50. The lowest BCUT2D eigenvalue weighted by Gasteiger charge is -2.21. The predicted molar refractivity (Wildman–Crippen MR) is 78.8 cm³/mol. The van der Waals surface area contributed by atoms with Gasteiger partial charge in [-0.3, -0.25) is 0 Å². The van der Waals surface area contributed by atoms with Gasteiger partial charge < -0.3 is 19.6 Å². The van der Waals surface area contributed by atoms with Crippen LogP contribution in [0, 0.1) is 12.8 Å². The van der Waals surface area contributed by atoms with Gasteiger partial charge >= 0.3 is 6.03 Å². The molecule has 0 aliphatic carbocycles. The predicted octanol–water partition coefficient (Wildman–Crippen LogP) is 1.42. The van der Waals surface area contributed by atoms with E-state index >= 15 is 0 Å². The number of carbonyl (C=O) groups is 1. The Morgan fingerprint density at radius 1 is 1.57 bits per heavy atom. The van der Waals surface area contributed by atoms with Gasteiger partial charge in [0.25, 0.3) is 0 Å². The van der Waals surface area contributed by atoms with E-state index in [0.29, 0.717) is 17.6 Å². The highest BCUT2D eigenvalue weighted by atomic mass is 16.5. The number of carbonyl (C=O) groups excluding carboxylic acids is 1. The first-order valence-corrected chi connectivity index (χ1v) is 7.50. The number of hydrogen-bond donors (Lipinski definition) is 1. The van der Waals surface area contributed by atoms with E-state index in [0.717, 1.165) is 32.5 Å². The SMILES string of the molecule is CC[C@H](NC(=O)N1CC[C@@H](CN(C)C)C1)c1noc(C)n1. The van der Waals surface area contributed by atoms with Crippen molar-refractivity contribution in [3.05, 3.63) is 11.7 Å². The molecule has 1 aromatic heterocycles. The van der Waals surface area contributed by atoms with Gasteiger partial charge in [0.15, 0.2) is 5.82 Å². The molecule has 0 radical (unpaired) electrons. The van der Waals surface area contributed by atoms with Gasteiger partial charge in [0, 0.05) is 26.6 Å². The van der Waals surface area contributed by atoms with Crippen molar-refractivity contribution in [2.45, 2.75) is 32.7 Å². The second-order valence-corrected chi connectivity index (χ2v) is 5.94. The quantitative estimate of drug-likeness (QED) is 0.889. The Kier molecular flexibility index (Phi) is 5.17. The van der Waals surface area contributed by atoms with Gasteiger partial charge in [0.05, 0.1) is 6.04 Å². The zero-order chi connectivity index (χ0) is 15.4. The molecular formula is C14H25N5O2. The average molecular weight is 295 g/mol. The number of rotatable bonds is 5. The van der Waals surface area contributed by atoms with Crippen LogP contribution in [0.2, 0.25) is 0 Å². The van der Waals surface area contributed by atoms with E-state index in [1.165, 1.54) is 0 Å². The third kappa shape index (κ3) is 4.17. The highest BCUT2D eigenvalue weighted by Crippen LogP contribution is 2.19. The minimum Gasteiger partial charge on any atom is -0.340 e. The van der Waals surface area contributed by atoms with Crippen molar-refractivity contribution < 1.29 is 9.32 Å². The van der Waals surface area contributed by atoms with Crippen molar-refractivity contribution in [2.75, 3.05) is 33.7 Å². The van der Waals surface area contributed by atoms with Gasteiger partial charge in [0.2, 0.25) is 5.89 Å². The van der Waals surface area contributed by atoms with Gasteiger partial charge in [-0.05, 0) is 32.9 Å². The molecule has 1 saturated heterocycles. The Balaban J connectivity index is 1.89. The molecule has 2 atom stereocenters. The Hall–Kier alpha value is -1.63. The topological polar surface area (TPSA) is 74.5 Å². The van der Waals surface area contributed by atoms with E-state index in [1.807, 2.05) is 11.8 Å². The first-order chi connectivity index (χ1) is 9.99. The highest BCUT2D eigenvalue weighted by Gasteiger charge is 2.28. The van der Waals surface area contributed by atoms with Crippen molar-refractivity contribution >= 4 is 6.03 Å². The zero-order valence-corrected chi connectivity index (χ0v) is 13.3. The van der Waals surface area contributed by atoms with Gasteiger partial charge in [-0.2, -0.15) is 4.98 Å². The number of aromatic nitrogens is 2. The highest BCUT2D eigenvalue weighted by molar-refractivity contribution is 5.74. The molecule has 118 valence electrons. The molecule has 7 heteroatoms. The van der Waals surface area contributed by atoms with Crippen LogP contribution in [0.3, 0.4) is 0 Å². The summed E-state index contributed by atoms with van der Waals surface area (Å²) < 4.78 is 4.98. The molecule has 0 saturated carbocycles. The van der Waals surface area contributed by atoms with Crippen molar-refractivity contribution in [3.8, 4) is 0 Å². The van der Waals surface area contributed by atoms with Crippen LogP contribution >= 0.6 is 0 Å². The Morgan fingerprint density at radius 3 is 2.90 bits per heavy atom. The van der Waals surface area contributed by atoms with Crippen LogP contribution < -0.4 is 5.32 Å². The maximum atomic E-state index is 12.3. The molecule has 1 aliphatic heterocycles. The Labute approximate surface area is 125 Å². The summed E-state index contributed by atoms with van der Waals surface area (Å²) in [6.07, 6.45) is 1.80. The lowest BCUT2D eigenvalue weighted by molar-refractivity contribution is 0.200. The standard InChI is InChI=1S/C14H25N5O2/c1-5-12(13-15-10(2)21-17-13)16-14(20)19-7-6-11(9-19)8-18(3)4/h11-12H,5-9H2,1-4H3,(H,16,20)/t11-,12-/m0/s1. The van der Waals surface area contributed by atoms with Crippen LogP contribution in [0.4, 0.5) is 4.79 Å². The number of nitrogens with zero attached hydrogens (tertiary/aromatic N) is 4. The molecule has 1 aromatic rings. The number of likely N-dealkylation sites (tertiary alicyclic amines) is 1. The molecule has 2 rings (SSSR count). The Morgan fingerprint density at radius 2 is 2.33 bits per heavy atom. The Bertz CT molecular complexity index is 474. The fraction of sp³-hybridized carbons (Fsp3) is 0.786. The van der Waals surface area contributed by atoms with Crippen molar-refractivity contribution in [1.82, 2.24) is 25.3 Å². The molecule has 1 aliphatic rings. The maximum Gasteiger partial charge on any atom is 0.317 e. The smallest absolute Gasteiger partial charge is 0.317 e. The second-order valence-electron chi connectivity index (χ2n) is 5.94. The van der Waals surface area contributed by atoms with Crippen molar-refractivity contribution in [3.63, 3.8) is 0 Å². The number of hydrogen-bond acceptors (Lipinski definition) is 5. The first kappa shape index (κ1) is 15.8. The number of amides is 2. The minimum atomic E-state index is -0.192. The van der Waals surface area contributed by atoms with Gasteiger partial charge in [-0.25, -0.2) is 4.79 Å². The summed E-state index contributed by atoms with van der Waals surface area (Å²) in [4.78, 5) is 20.6. The van der Waals surface area contributed by atoms with Gasteiger partial charge in [0.1, 0.15) is 0 Å². The number of aryl methyl sites for hydroxylation is 1. The van der Waals surface area contributed by atoms with Crippen molar-refractivity contribution in [2.24, 2.45) is 5.92 Å². The van der Waals surface area contributed by atoms with Crippen LogP contribution in [0.25, 0.3) is 0 Å². The van der Waals surface area contributed by atoms with E-state index in [1.54, 1.807) is 6.92 Å². The summed E-state index contributed by atoms with van der Waals surface area (Å²) >= 11 is 0. The van der Waals surface area contributed by atoms with Crippen molar-refractivity contribution in [1.29, 1.82) is 0 Å². The van der Waals surface area contributed by atoms with Crippen LogP contribution in [0.15, 0.2) is 4.52 Å². The summed E-state index contributed by atoms with van der Waals surface area (Å²) in [5.74, 6) is 1.62. The van der Waals surface area contributed by atoms with E-state index < -0.39 is 0 Å². The number of urea groups is 1. The van der Waals surface area contributed by atoms with Crippen LogP contribution in [-0.4, -0.2) is 59.7 Å². The molecule has 2 heterocycles. The number of nitrogens with one attached hydrogen (secondary N) is 1. The van der Waals surface area contributed by atoms with E-state index in [9.17, 15) is 4.79 Å². The molecular weight excluding hydrogens is 270 g/mol. The third-order valence-corrected chi connectivity index (χ3v) is 3.76. The normalized spacial score (nSPS) is 20.0. The lowest BCUT2D eigenvalue weighted by Crippen LogP contribution is -2.41. The molecule has 0 bridgehead atoms. The molecule has 1 N–H and O–H groups in total. The van der Waals surface area contributed by atoms with Crippen LogP contribution in [-0.2, 0) is 0 Å². The minimum absolute atomic E-state index is 0.0365. The van der Waals surface area contributed by atoms with Gasteiger partial charge in [-0.15, -0.1) is 0 Å². The summed E-state index contributed by atoms with van der Waals surface area (Å²) in [6.45, 7) is 6.38. The van der Waals surface area contributed by atoms with E-state index in [2.05, 4.69) is 34.5 Å². The van der Waals surface area contributed by atoms with E-state index in [4.69, 9.17) is 4.52 Å². The van der Waals surface area contributed by atoms with Crippen LogP contribution in [0.5, 0.6) is 0 Å². The van der Waals surface area contributed by atoms with Gasteiger partial charge in [-0.1, -0.05) is 12.1 Å². The molecule has 0 aromatic carbocycles. The summed E-state index contributed by atoms with van der Waals surface area (Å²) in [7, 11) is 4.13. The van der Waals surface area contributed by atoms with Crippen LogP contribution in [0.1, 0.15) is 37.5 Å². The largest absolute Gasteiger partial charge is 0.340 e. The summed E-state index contributed by atoms with van der Waals surface area (Å²) in [5.41, 5.74) is 0. The monoisotopic (exact) mass is 295 g/mol. The third-order valence-electron chi connectivity index (χ3n) is 3.76. The lowest BCUT2D eigenvalue weighted by atomic mass is 10.1. The second kappa shape index (κ2) is 6.89. The molecule has 2 amide bonds.